The number of rotatable bonds is 6. The lowest BCUT2D eigenvalue weighted by Crippen LogP contribution is -2.45. The molecule has 0 amide bonds. The van der Waals surface area contributed by atoms with Crippen LogP contribution in [0.15, 0.2) is 47.1 Å². The first kappa shape index (κ1) is 25.8. The molecule has 2 fully saturated rings. The Bertz CT molecular complexity index is 1220. The first-order valence-corrected chi connectivity index (χ1v) is 13.6. The summed E-state index contributed by atoms with van der Waals surface area (Å²) in [6.07, 6.45) is 8.02. The molecule has 0 aromatic heterocycles. The summed E-state index contributed by atoms with van der Waals surface area (Å²) < 4.78 is 5.55. The maximum Gasteiger partial charge on any atom is 0.162 e. The third-order valence-electron chi connectivity index (χ3n) is 9.46. The number of aliphatic hydroxyl groups is 1. The van der Waals surface area contributed by atoms with Crippen LogP contribution in [0.2, 0.25) is 0 Å². The summed E-state index contributed by atoms with van der Waals surface area (Å²) in [7, 11) is 0. The summed E-state index contributed by atoms with van der Waals surface area (Å²) in [4.78, 5) is 37.6. The van der Waals surface area contributed by atoms with Crippen molar-refractivity contribution in [2.45, 2.75) is 64.7 Å². The fourth-order valence-electron chi connectivity index (χ4n) is 7.85. The number of ketones is 3. The van der Waals surface area contributed by atoms with Crippen LogP contribution >= 0.6 is 0 Å². The average Bonchev–Trinajstić information content (AvgIpc) is 3.24. The lowest BCUT2D eigenvalue weighted by atomic mass is 9.51. The van der Waals surface area contributed by atoms with Crippen LogP contribution in [0, 0.1) is 35.0 Å². The third-order valence-corrected chi connectivity index (χ3v) is 9.46. The van der Waals surface area contributed by atoms with Gasteiger partial charge in [-0.2, -0.15) is 0 Å². The SMILES string of the molecule is CC(=O)c1ccc([C@H]2C[C@]3(C)[C@@H](C(=O)COCC#CCO)CC[C@H]3[C@@H]3CCC4=CC(=O)CCC4=C32)cc1. The molecule has 4 aliphatic carbocycles. The van der Waals surface area contributed by atoms with Crippen molar-refractivity contribution in [2.24, 2.45) is 23.2 Å². The molecule has 1 aromatic carbocycles. The van der Waals surface area contributed by atoms with E-state index in [1.165, 1.54) is 22.3 Å². The minimum atomic E-state index is -0.210. The molecule has 0 saturated heterocycles. The van der Waals surface area contributed by atoms with Gasteiger partial charge in [0.05, 0.1) is 0 Å². The van der Waals surface area contributed by atoms with Crippen LogP contribution in [-0.2, 0) is 14.3 Å². The predicted molar refractivity (Wildman–Crippen MR) is 141 cm³/mol. The van der Waals surface area contributed by atoms with Crippen molar-refractivity contribution in [1.29, 1.82) is 0 Å². The van der Waals surface area contributed by atoms with E-state index in [-0.39, 0.29) is 54.4 Å². The summed E-state index contributed by atoms with van der Waals surface area (Å²) in [5, 5.41) is 8.82. The fraction of sp³-hybridized carbons (Fsp3) is 0.531. The molecule has 0 aliphatic heterocycles. The molecule has 0 bridgehead atoms. The number of aliphatic hydroxyl groups excluding tert-OH is 1. The van der Waals surface area contributed by atoms with Crippen molar-refractivity contribution in [3.63, 3.8) is 0 Å². The van der Waals surface area contributed by atoms with Crippen LogP contribution in [0.5, 0.6) is 0 Å². The fourth-order valence-corrected chi connectivity index (χ4v) is 7.85. The molecule has 1 N–H and O–H groups in total. The molecule has 0 unspecified atom stereocenters. The minimum absolute atomic E-state index is 0.0542. The zero-order valence-electron chi connectivity index (χ0n) is 21.8. The van der Waals surface area contributed by atoms with Crippen LogP contribution in [0.4, 0.5) is 0 Å². The van der Waals surface area contributed by atoms with Crippen LogP contribution in [0.1, 0.15) is 80.6 Å². The zero-order valence-corrected chi connectivity index (χ0v) is 21.8. The van der Waals surface area contributed by atoms with E-state index in [0.29, 0.717) is 23.8 Å². The van der Waals surface area contributed by atoms with Gasteiger partial charge in [0.2, 0.25) is 0 Å². The maximum absolute atomic E-state index is 13.4. The van der Waals surface area contributed by atoms with Crippen LogP contribution < -0.4 is 0 Å². The van der Waals surface area contributed by atoms with Gasteiger partial charge in [0.1, 0.15) is 19.8 Å². The first-order chi connectivity index (χ1) is 17.8. The molecular formula is C32H36O5. The van der Waals surface area contributed by atoms with Gasteiger partial charge in [0.25, 0.3) is 0 Å². The van der Waals surface area contributed by atoms with Gasteiger partial charge in [0.15, 0.2) is 17.3 Å². The van der Waals surface area contributed by atoms with Crippen molar-refractivity contribution in [2.75, 3.05) is 19.8 Å². The molecule has 2 saturated carbocycles. The Morgan fingerprint density at radius 2 is 1.86 bits per heavy atom. The number of allylic oxidation sites excluding steroid dienone is 4. The molecule has 194 valence electrons. The van der Waals surface area contributed by atoms with Gasteiger partial charge in [-0.15, -0.1) is 0 Å². The van der Waals surface area contributed by atoms with E-state index in [2.05, 4.69) is 30.9 Å². The Morgan fingerprint density at radius 1 is 1.08 bits per heavy atom. The lowest BCUT2D eigenvalue weighted by Gasteiger charge is -2.52. The van der Waals surface area contributed by atoms with Gasteiger partial charge in [-0.25, -0.2) is 0 Å². The highest BCUT2D eigenvalue weighted by Crippen LogP contribution is 2.65. The van der Waals surface area contributed by atoms with Crippen molar-refractivity contribution in [3.05, 3.63) is 58.2 Å². The number of ether oxygens (including phenoxy) is 1. The number of fused-ring (bicyclic) bond motifs is 4. The molecule has 0 radical (unpaired) electrons. The van der Waals surface area contributed by atoms with Crippen molar-refractivity contribution in [3.8, 4) is 11.8 Å². The smallest absolute Gasteiger partial charge is 0.162 e. The Kier molecular flexibility index (Phi) is 7.34. The summed E-state index contributed by atoms with van der Waals surface area (Å²) in [5.41, 5.74) is 5.87. The van der Waals surface area contributed by atoms with E-state index in [0.717, 1.165) is 38.5 Å². The quantitative estimate of drug-likeness (QED) is 0.338. The second-order valence-electron chi connectivity index (χ2n) is 11.4. The highest BCUT2D eigenvalue weighted by atomic mass is 16.5. The summed E-state index contributed by atoms with van der Waals surface area (Å²) in [5.74, 6) is 6.67. The largest absolute Gasteiger partial charge is 0.384 e. The van der Waals surface area contributed by atoms with E-state index in [1.54, 1.807) is 6.92 Å². The molecule has 5 heteroatoms. The first-order valence-electron chi connectivity index (χ1n) is 13.6. The second kappa shape index (κ2) is 10.5. The molecule has 0 spiro atoms. The zero-order chi connectivity index (χ0) is 26.2. The molecule has 1 aromatic rings. The van der Waals surface area contributed by atoms with E-state index in [4.69, 9.17) is 9.84 Å². The second-order valence-corrected chi connectivity index (χ2v) is 11.4. The summed E-state index contributed by atoms with van der Waals surface area (Å²) >= 11 is 0. The van der Waals surface area contributed by atoms with E-state index in [9.17, 15) is 14.4 Å². The van der Waals surface area contributed by atoms with E-state index >= 15 is 0 Å². The Labute approximate surface area is 219 Å². The van der Waals surface area contributed by atoms with Crippen molar-refractivity contribution in [1.82, 2.24) is 0 Å². The number of Topliss-reactive ketones (excluding diaryl/α,β-unsaturated/α-hetero) is 2. The normalized spacial score (nSPS) is 30.5. The maximum atomic E-state index is 13.4. The monoisotopic (exact) mass is 500 g/mol. The molecular weight excluding hydrogens is 464 g/mol. The number of benzene rings is 1. The number of carbonyl (C=O) groups is 3. The van der Waals surface area contributed by atoms with Gasteiger partial charge < -0.3 is 9.84 Å². The third kappa shape index (κ3) is 4.78. The molecule has 5 nitrogen and oxygen atoms in total. The summed E-state index contributed by atoms with van der Waals surface area (Å²) in [6, 6.07) is 8.04. The number of hydrogen-bond acceptors (Lipinski definition) is 5. The van der Waals surface area contributed by atoms with Gasteiger partial charge in [0, 0.05) is 23.8 Å². The van der Waals surface area contributed by atoms with E-state index < -0.39 is 0 Å². The van der Waals surface area contributed by atoms with Crippen LogP contribution in [0.3, 0.4) is 0 Å². The highest BCUT2D eigenvalue weighted by molar-refractivity contribution is 5.94. The van der Waals surface area contributed by atoms with Crippen molar-refractivity contribution >= 4 is 17.3 Å². The van der Waals surface area contributed by atoms with Gasteiger partial charge in [-0.05, 0) is 85.5 Å². The Balaban J connectivity index is 1.51. The lowest BCUT2D eigenvalue weighted by molar-refractivity contribution is -0.131. The van der Waals surface area contributed by atoms with Gasteiger partial charge in [-0.1, -0.05) is 48.6 Å². The van der Waals surface area contributed by atoms with Crippen LogP contribution in [-0.4, -0.2) is 42.3 Å². The van der Waals surface area contributed by atoms with Gasteiger partial charge >= 0.3 is 0 Å². The Hall–Kier alpha value is -2.81. The standard InChI is InChI=1S/C32H36O5/c1-20(34)21-5-7-22(8-6-21)27-18-32(2)28(13-14-29(32)30(36)19-37-16-4-3-15-33)26-11-9-23-17-24(35)10-12-25(23)31(26)27/h5-8,17,26-29,33H,9-16,18-19H2,1-2H3/t26-,27+,28-,29+,32-/m0/s1. The highest BCUT2D eigenvalue weighted by Gasteiger charge is 2.58. The van der Waals surface area contributed by atoms with Gasteiger partial charge in [-0.3, -0.25) is 14.4 Å². The molecule has 5 atom stereocenters. The Morgan fingerprint density at radius 3 is 2.59 bits per heavy atom. The average molecular weight is 501 g/mol. The van der Waals surface area contributed by atoms with Crippen LogP contribution in [0.25, 0.3) is 0 Å². The van der Waals surface area contributed by atoms with Crippen molar-refractivity contribution < 1.29 is 24.2 Å². The predicted octanol–water partition coefficient (Wildman–Crippen LogP) is 4.99. The minimum Gasteiger partial charge on any atom is -0.384 e. The topological polar surface area (TPSA) is 80.7 Å². The molecule has 37 heavy (non-hydrogen) atoms. The molecule has 5 rings (SSSR count). The van der Waals surface area contributed by atoms with E-state index in [1.807, 2.05) is 18.2 Å². The summed E-state index contributed by atoms with van der Waals surface area (Å²) in [6.45, 7) is 3.90. The number of hydrogen-bond donors (Lipinski definition) is 1. The number of carbonyl (C=O) groups excluding carboxylic acids is 3. The molecule has 0 heterocycles. The molecule has 4 aliphatic rings.